The van der Waals surface area contributed by atoms with Crippen LogP contribution >= 0.6 is 0 Å². The highest BCUT2D eigenvalue weighted by atomic mass is 16.6. The van der Waals surface area contributed by atoms with Crippen LogP contribution in [0.25, 0.3) is 10.9 Å². The number of benzene rings is 2. The van der Waals surface area contributed by atoms with Gasteiger partial charge in [-0.05, 0) is 75.9 Å². The van der Waals surface area contributed by atoms with Gasteiger partial charge in [-0.15, -0.1) is 0 Å². The third-order valence-electron chi connectivity index (χ3n) is 6.86. The van der Waals surface area contributed by atoms with E-state index in [-0.39, 0.29) is 17.9 Å². The largest absolute Gasteiger partial charge is 0.478 e. The van der Waals surface area contributed by atoms with Gasteiger partial charge in [0.05, 0.1) is 5.56 Å². The van der Waals surface area contributed by atoms with Crippen LogP contribution in [0.5, 0.6) is 0 Å². The van der Waals surface area contributed by atoms with Crippen LogP contribution in [0, 0.1) is 0 Å². The van der Waals surface area contributed by atoms with Gasteiger partial charge in [-0.3, -0.25) is 9.59 Å². The molecule has 212 valence electrons. The number of rotatable bonds is 7. The minimum atomic E-state index is -1.36. The summed E-state index contributed by atoms with van der Waals surface area (Å²) in [7, 11) is 0. The van der Waals surface area contributed by atoms with Crippen molar-refractivity contribution in [3.05, 3.63) is 70.9 Å². The summed E-state index contributed by atoms with van der Waals surface area (Å²) >= 11 is 0. The number of nitrogens with one attached hydrogen (secondary N) is 3. The second-order valence-electron chi connectivity index (χ2n) is 11.6. The molecule has 4 N–H and O–H groups in total. The van der Waals surface area contributed by atoms with Crippen LogP contribution < -0.4 is 10.6 Å². The van der Waals surface area contributed by atoms with E-state index in [0.29, 0.717) is 19.5 Å². The van der Waals surface area contributed by atoms with Gasteiger partial charge < -0.3 is 30.4 Å². The third kappa shape index (κ3) is 6.62. The molecule has 4 rings (SSSR count). The van der Waals surface area contributed by atoms with Crippen molar-refractivity contribution in [1.82, 2.24) is 20.5 Å². The lowest BCUT2D eigenvalue weighted by Crippen LogP contribution is -2.60. The molecule has 0 aliphatic carbocycles. The number of hydrogen-bond donors (Lipinski definition) is 4. The number of nitrogens with zero attached hydrogens (tertiary/aromatic N) is 1. The molecule has 0 saturated heterocycles. The SMILES string of the molecule is CC(C)(C)OC(=O)NC(C)(C)C(=O)NC(Cc1c[nH]c2ccccc12)C(=O)N1CCc2cc(C(=O)O)ccc2C1. The van der Waals surface area contributed by atoms with Crippen molar-refractivity contribution in [2.24, 2.45) is 0 Å². The number of alkyl carbamates (subject to hydrolysis) is 1. The van der Waals surface area contributed by atoms with E-state index in [4.69, 9.17) is 4.74 Å². The Labute approximate surface area is 233 Å². The molecule has 2 aromatic carbocycles. The number of hydrogen-bond acceptors (Lipinski definition) is 5. The molecule has 1 atom stereocenters. The molecule has 1 aliphatic rings. The van der Waals surface area contributed by atoms with Crippen molar-refractivity contribution in [1.29, 1.82) is 0 Å². The van der Waals surface area contributed by atoms with Gasteiger partial charge in [0.1, 0.15) is 17.2 Å². The Morgan fingerprint density at radius 3 is 2.48 bits per heavy atom. The Morgan fingerprint density at radius 1 is 1.05 bits per heavy atom. The van der Waals surface area contributed by atoms with E-state index >= 15 is 0 Å². The first kappa shape index (κ1) is 28.7. The van der Waals surface area contributed by atoms with Gasteiger partial charge in [-0.2, -0.15) is 0 Å². The fraction of sp³-hybridized carbons (Fsp3) is 0.400. The average molecular weight is 549 g/mol. The average Bonchev–Trinajstić information content (AvgIpc) is 3.28. The molecule has 1 unspecified atom stereocenters. The van der Waals surface area contributed by atoms with E-state index in [1.165, 1.54) is 6.07 Å². The highest BCUT2D eigenvalue weighted by molar-refractivity contribution is 5.94. The summed E-state index contributed by atoms with van der Waals surface area (Å²) in [6.07, 6.45) is 1.83. The summed E-state index contributed by atoms with van der Waals surface area (Å²) in [5, 5.41) is 15.7. The number of carbonyl (C=O) groups excluding carboxylic acids is 3. The first-order valence-electron chi connectivity index (χ1n) is 13.2. The van der Waals surface area contributed by atoms with Crippen LogP contribution in [-0.4, -0.2) is 62.6 Å². The maximum atomic E-state index is 13.9. The van der Waals surface area contributed by atoms with Crippen LogP contribution in [0.3, 0.4) is 0 Å². The summed E-state index contributed by atoms with van der Waals surface area (Å²) in [5.74, 6) is -1.79. The number of carbonyl (C=O) groups is 4. The number of carboxylic acid groups (broad SMARTS) is 1. The molecule has 1 aromatic heterocycles. The maximum absolute atomic E-state index is 13.9. The van der Waals surface area contributed by atoms with Crippen molar-refractivity contribution in [2.75, 3.05) is 6.54 Å². The van der Waals surface area contributed by atoms with Crippen molar-refractivity contribution in [3.8, 4) is 0 Å². The predicted octanol–water partition coefficient (Wildman–Crippen LogP) is 3.78. The normalized spacial score (nSPS) is 14.3. The zero-order valence-corrected chi connectivity index (χ0v) is 23.5. The van der Waals surface area contributed by atoms with Gasteiger partial charge in [-0.25, -0.2) is 9.59 Å². The second kappa shape index (κ2) is 11.0. The smallest absolute Gasteiger partial charge is 0.408 e. The molecule has 1 aliphatic heterocycles. The third-order valence-corrected chi connectivity index (χ3v) is 6.86. The molecular formula is C30H36N4O6. The Balaban J connectivity index is 1.57. The highest BCUT2D eigenvalue weighted by Crippen LogP contribution is 2.24. The number of aromatic nitrogens is 1. The number of H-pyrrole nitrogens is 1. The zero-order chi connectivity index (χ0) is 29.2. The van der Waals surface area contributed by atoms with Crippen LogP contribution in [0.15, 0.2) is 48.7 Å². The molecule has 0 radical (unpaired) electrons. The standard InChI is InChI=1S/C30H36N4O6/c1-29(2,3)40-28(39)33-30(4,5)27(38)32-24(15-21-16-31-23-9-7-6-8-22(21)23)25(35)34-13-12-18-14-19(26(36)37)10-11-20(18)17-34/h6-11,14,16,24,31H,12-13,15,17H2,1-5H3,(H,32,38)(H,33,39)(H,36,37). The van der Waals surface area contributed by atoms with E-state index in [1.807, 2.05) is 30.5 Å². The van der Waals surface area contributed by atoms with Crippen molar-refractivity contribution < 1.29 is 29.0 Å². The lowest BCUT2D eigenvalue weighted by atomic mass is 9.95. The molecule has 0 bridgehead atoms. The second-order valence-corrected chi connectivity index (χ2v) is 11.6. The topological polar surface area (TPSA) is 141 Å². The summed E-state index contributed by atoms with van der Waals surface area (Å²) in [5.41, 5.74) is 1.67. The van der Waals surface area contributed by atoms with Gasteiger partial charge in [0, 0.05) is 36.6 Å². The van der Waals surface area contributed by atoms with E-state index in [2.05, 4.69) is 15.6 Å². The molecule has 40 heavy (non-hydrogen) atoms. The summed E-state index contributed by atoms with van der Waals surface area (Å²) < 4.78 is 5.32. The Hall–Kier alpha value is -4.34. The number of amides is 3. The lowest BCUT2D eigenvalue weighted by Gasteiger charge is -2.34. The minimum Gasteiger partial charge on any atom is -0.478 e. The minimum absolute atomic E-state index is 0.211. The molecule has 3 amide bonds. The van der Waals surface area contributed by atoms with E-state index < -0.39 is 35.2 Å². The van der Waals surface area contributed by atoms with E-state index in [9.17, 15) is 24.3 Å². The molecule has 0 saturated carbocycles. The first-order chi connectivity index (χ1) is 18.7. The highest BCUT2D eigenvalue weighted by Gasteiger charge is 2.36. The van der Waals surface area contributed by atoms with Gasteiger partial charge in [0.25, 0.3) is 0 Å². The van der Waals surface area contributed by atoms with Gasteiger partial charge in [-0.1, -0.05) is 24.3 Å². The number of carboxylic acids is 1. The van der Waals surface area contributed by atoms with Crippen molar-refractivity contribution in [3.63, 3.8) is 0 Å². The fourth-order valence-corrected chi connectivity index (χ4v) is 4.77. The van der Waals surface area contributed by atoms with Crippen LogP contribution in [0.2, 0.25) is 0 Å². The molecule has 10 nitrogen and oxygen atoms in total. The molecule has 3 aromatic rings. The Morgan fingerprint density at radius 2 is 1.77 bits per heavy atom. The number of ether oxygens (including phenoxy) is 1. The molecule has 2 heterocycles. The van der Waals surface area contributed by atoms with E-state index in [0.717, 1.165) is 27.6 Å². The number of aromatic amines is 1. The number of para-hydroxylation sites is 1. The monoisotopic (exact) mass is 548 g/mol. The Kier molecular flexibility index (Phi) is 7.91. The molecule has 10 heteroatoms. The number of aromatic carboxylic acids is 1. The maximum Gasteiger partial charge on any atom is 0.408 e. The Bertz CT molecular complexity index is 1450. The van der Waals surface area contributed by atoms with Crippen molar-refractivity contribution >= 4 is 34.8 Å². The van der Waals surface area contributed by atoms with Crippen molar-refractivity contribution in [2.45, 2.75) is 71.2 Å². The quantitative estimate of drug-likeness (QED) is 0.354. The predicted molar refractivity (Wildman–Crippen MR) is 150 cm³/mol. The van der Waals surface area contributed by atoms with Gasteiger partial charge in [0.15, 0.2) is 0 Å². The van der Waals surface area contributed by atoms with Crippen LogP contribution in [-0.2, 0) is 33.7 Å². The summed E-state index contributed by atoms with van der Waals surface area (Å²) in [6, 6.07) is 11.7. The van der Waals surface area contributed by atoms with Gasteiger partial charge >= 0.3 is 12.1 Å². The fourth-order valence-electron chi connectivity index (χ4n) is 4.77. The number of fused-ring (bicyclic) bond motifs is 2. The lowest BCUT2D eigenvalue weighted by molar-refractivity contribution is -0.138. The van der Waals surface area contributed by atoms with Gasteiger partial charge in [0.2, 0.25) is 11.8 Å². The molecule has 0 spiro atoms. The van der Waals surface area contributed by atoms with Crippen LogP contribution in [0.1, 0.15) is 61.7 Å². The van der Waals surface area contributed by atoms with E-state index in [1.54, 1.807) is 51.7 Å². The van der Waals surface area contributed by atoms with Crippen LogP contribution in [0.4, 0.5) is 4.79 Å². The zero-order valence-electron chi connectivity index (χ0n) is 23.5. The molecule has 0 fully saturated rings. The first-order valence-corrected chi connectivity index (χ1v) is 13.2. The molecular weight excluding hydrogens is 512 g/mol. The summed E-state index contributed by atoms with van der Waals surface area (Å²) in [4.78, 5) is 56.0. The summed E-state index contributed by atoms with van der Waals surface area (Å²) in [6.45, 7) is 8.98.